The van der Waals surface area contributed by atoms with Crippen LogP contribution in [-0.2, 0) is 56.1 Å². The van der Waals surface area contributed by atoms with Crippen LogP contribution in [0.15, 0.2) is 71.8 Å². The molecule has 2 amide bonds. The van der Waals surface area contributed by atoms with Gasteiger partial charge in [-0.1, -0.05) is 74.5 Å². The number of H-pyrrole nitrogens is 1. The summed E-state index contributed by atoms with van der Waals surface area (Å²) in [5, 5.41) is 4.88. The van der Waals surface area contributed by atoms with Crippen molar-refractivity contribution in [1.82, 2.24) is 24.8 Å². The summed E-state index contributed by atoms with van der Waals surface area (Å²) in [7, 11) is 0. The van der Waals surface area contributed by atoms with E-state index in [2.05, 4.69) is 25.6 Å². The zero-order chi connectivity index (χ0) is 37.0. The molecule has 4 aromatic rings. The lowest BCUT2D eigenvalue weighted by Gasteiger charge is -2.19. The quantitative estimate of drug-likeness (QED) is 0.119. The van der Waals surface area contributed by atoms with Gasteiger partial charge in [-0.05, 0) is 11.1 Å². The van der Waals surface area contributed by atoms with Gasteiger partial charge in [0.15, 0.2) is 11.2 Å². The molecule has 1 fully saturated rings. The summed E-state index contributed by atoms with van der Waals surface area (Å²) in [5.41, 5.74) is 0.993. The van der Waals surface area contributed by atoms with Crippen LogP contribution in [0, 0.1) is 5.92 Å². The number of fused-ring (bicyclic) bond motifs is 1. The maximum Gasteiger partial charge on any atom is 0.408 e. The number of amides is 2. The minimum absolute atomic E-state index is 0.00642. The van der Waals surface area contributed by atoms with Gasteiger partial charge in [0.25, 0.3) is 5.56 Å². The van der Waals surface area contributed by atoms with Crippen molar-refractivity contribution in [3.05, 3.63) is 88.5 Å². The molecule has 1 aliphatic rings. The van der Waals surface area contributed by atoms with E-state index in [4.69, 9.17) is 23.7 Å². The highest BCUT2D eigenvalue weighted by atomic mass is 16.6. The molecule has 0 spiro atoms. The van der Waals surface area contributed by atoms with Gasteiger partial charge >= 0.3 is 24.0 Å². The number of ether oxygens (including phenoxy) is 5. The number of hydrogen-bond donors (Lipinski definition) is 3. The van der Waals surface area contributed by atoms with Crippen molar-refractivity contribution in [3.8, 4) is 0 Å². The molecule has 3 N–H and O–H groups in total. The lowest BCUT2D eigenvalue weighted by Crippen LogP contribution is -2.38. The number of anilines is 1. The van der Waals surface area contributed by atoms with Crippen molar-refractivity contribution >= 4 is 47.0 Å². The predicted octanol–water partition coefficient (Wildman–Crippen LogP) is 2.91. The molecule has 17 nitrogen and oxygen atoms in total. The number of aromatic nitrogens is 4. The lowest BCUT2D eigenvalue weighted by molar-refractivity contribution is -0.154. The smallest absolute Gasteiger partial charge is 0.408 e. The fraction of sp³-hybridized carbons (Fsp3) is 0.371. The highest BCUT2D eigenvalue weighted by molar-refractivity contribution is 5.91. The Labute approximate surface area is 297 Å². The van der Waals surface area contributed by atoms with E-state index in [1.807, 2.05) is 24.3 Å². The van der Waals surface area contributed by atoms with Gasteiger partial charge < -0.3 is 29.0 Å². The molecule has 17 heteroatoms. The van der Waals surface area contributed by atoms with E-state index in [1.54, 1.807) is 50.2 Å². The van der Waals surface area contributed by atoms with Crippen LogP contribution in [0.1, 0.15) is 50.5 Å². The monoisotopic (exact) mass is 718 g/mol. The van der Waals surface area contributed by atoms with E-state index < -0.39 is 54.5 Å². The molecular weight excluding hydrogens is 680 g/mol. The van der Waals surface area contributed by atoms with Gasteiger partial charge in [0.2, 0.25) is 11.9 Å². The second kappa shape index (κ2) is 17.7. The molecule has 274 valence electrons. The molecule has 0 saturated carbocycles. The molecular formula is C35H38N6O11. The van der Waals surface area contributed by atoms with Crippen molar-refractivity contribution in [2.24, 2.45) is 5.92 Å². The second-order valence-electron chi connectivity index (χ2n) is 12.0. The number of carbonyl (C=O) groups is 5. The Bertz CT molecular complexity index is 1930. The number of nitrogens with zero attached hydrogens (tertiary/aromatic N) is 3. The van der Waals surface area contributed by atoms with Gasteiger partial charge in [-0.15, -0.1) is 0 Å². The van der Waals surface area contributed by atoms with Crippen LogP contribution in [0.5, 0.6) is 0 Å². The highest BCUT2D eigenvalue weighted by Gasteiger charge is 2.41. The number of imidazole rings is 1. The number of alkyl carbamates (subject to hydrolysis) is 1. The minimum Gasteiger partial charge on any atom is -0.463 e. The number of esters is 3. The maximum atomic E-state index is 12.8. The summed E-state index contributed by atoms with van der Waals surface area (Å²) >= 11 is 0. The molecule has 3 heterocycles. The van der Waals surface area contributed by atoms with Crippen molar-refractivity contribution in [1.29, 1.82) is 0 Å². The van der Waals surface area contributed by atoms with Crippen LogP contribution in [-0.4, -0.2) is 74.8 Å². The van der Waals surface area contributed by atoms with E-state index in [0.29, 0.717) is 0 Å². The van der Waals surface area contributed by atoms with Gasteiger partial charge in [0, 0.05) is 12.3 Å². The second-order valence-corrected chi connectivity index (χ2v) is 12.0. The lowest BCUT2D eigenvalue weighted by atomic mass is 10.2. The van der Waals surface area contributed by atoms with Crippen LogP contribution < -0.4 is 16.2 Å². The number of benzene rings is 2. The normalized spacial score (nSPS) is 16.6. The molecule has 2 aromatic heterocycles. The van der Waals surface area contributed by atoms with Crippen molar-refractivity contribution < 1.29 is 47.7 Å². The number of nitrogens with one attached hydrogen (secondary N) is 3. The largest absolute Gasteiger partial charge is 0.463 e. The molecule has 1 aliphatic heterocycles. The Balaban J connectivity index is 1.21. The van der Waals surface area contributed by atoms with Crippen LogP contribution >= 0.6 is 0 Å². The summed E-state index contributed by atoms with van der Waals surface area (Å²) < 4.78 is 28.9. The SMILES string of the molecule is CC(C)C(=O)Nc1nc2c(ncn2[C@H]2CC(OC(=O)NCC(=O)OCc3ccccc3)[C@@H](COC(=O)CCC(=O)OCc3ccccc3)O2)c(=O)[nH]1. The average molecular weight is 719 g/mol. The van der Waals surface area contributed by atoms with Gasteiger partial charge in [0.1, 0.15) is 44.8 Å². The first-order valence-electron chi connectivity index (χ1n) is 16.5. The third-order valence-electron chi connectivity index (χ3n) is 7.75. The van der Waals surface area contributed by atoms with Crippen molar-refractivity contribution in [2.45, 2.75) is 64.8 Å². The zero-order valence-electron chi connectivity index (χ0n) is 28.4. The van der Waals surface area contributed by atoms with Gasteiger partial charge in [-0.25, -0.2) is 9.78 Å². The number of hydrogen-bond acceptors (Lipinski definition) is 13. The molecule has 0 radical (unpaired) electrons. The number of carbonyl (C=O) groups excluding carboxylic acids is 5. The average Bonchev–Trinajstić information content (AvgIpc) is 3.75. The molecule has 1 unspecified atom stereocenters. The molecule has 0 aliphatic carbocycles. The van der Waals surface area contributed by atoms with Crippen LogP contribution in [0.3, 0.4) is 0 Å². The van der Waals surface area contributed by atoms with E-state index in [9.17, 15) is 28.8 Å². The molecule has 5 rings (SSSR count). The molecule has 1 saturated heterocycles. The first-order chi connectivity index (χ1) is 25.0. The summed E-state index contributed by atoms with van der Waals surface area (Å²) in [4.78, 5) is 85.7. The third-order valence-corrected chi connectivity index (χ3v) is 7.75. The molecule has 2 aromatic carbocycles. The van der Waals surface area contributed by atoms with Crippen LogP contribution in [0.25, 0.3) is 11.2 Å². The van der Waals surface area contributed by atoms with Crippen LogP contribution in [0.2, 0.25) is 0 Å². The topological polar surface area (TPSA) is 219 Å². The Morgan fingerprint density at radius 2 is 1.52 bits per heavy atom. The van der Waals surface area contributed by atoms with Gasteiger partial charge in [0.05, 0.1) is 19.2 Å². The van der Waals surface area contributed by atoms with E-state index in [0.717, 1.165) is 11.1 Å². The first kappa shape index (κ1) is 37.2. The highest BCUT2D eigenvalue weighted by Crippen LogP contribution is 2.33. The minimum atomic E-state index is -1.02. The zero-order valence-corrected chi connectivity index (χ0v) is 28.4. The third kappa shape index (κ3) is 10.5. The van der Waals surface area contributed by atoms with Crippen molar-refractivity contribution in [2.75, 3.05) is 18.5 Å². The molecule has 0 bridgehead atoms. The summed E-state index contributed by atoms with van der Waals surface area (Å²) in [6.45, 7) is 2.58. The fourth-order valence-electron chi connectivity index (χ4n) is 4.98. The Hall–Kier alpha value is -6.10. The Morgan fingerprint density at radius 3 is 2.15 bits per heavy atom. The molecule has 3 atom stereocenters. The standard InChI is InChI=1S/C35H38N6O11/c1-21(2)32(45)39-34-38-31-30(33(46)40-34)37-20-41(31)26-15-24(52-35(47)36-16-29(44)49-18-23-11-7-4-8-12-23)25(51-26)19-50-28(43)14-13-27(42)48-17-22-9-5-3-6-10-22/h3-12,20-21,24-26H,13-19H2,1-2H3,(H,36,47)(H2,38,39,40,45,46)/t24?,25-,26-/m1/s1. The van der Waals surface area contributed by atoms with Gasteiger partial charge in [-0.2, -0.15) is 4.98 Å². The Morgan fingerprint density at radius 1 is 0.904 bits per heavy atom. The van der Waals surface area contributed by atoms with Crippen molar-refractivity contribution in [3.63, 3.8) is 0 Å². The molecule has 52 heavy (non-hydrogen) atoms. The maximum absolute atomic E-state index is 12.8. The Kier molecular flexibility index (Phi) is 12.7. The number of aromatic amines is 1. The predicted molar refractivity (Wildman–Crippen MR) is 181 cm³/mol. The fourth-order valence-corrected chi connectivity index (χ4v) is 4.98. The first-order valence-corrected chi connectivity index (χ1v) is 16.5. The summed E-state index contributed by atoms with van der Waals surface area (Å²) in [6.07, 6.45) is -3.12. The summed E-state index contributed by atoms with van der Waals surface area (Å²) in [6, 6.07) is 18.1. The van der Waals surface area contributed by atoms with Gasteiger partial charge in [-0.3, -0.25) is 38.8 Å². The summed E-state index contributed by atoms with van der Waals surface area (Å²) in [5.74, 6) is -2.87. The van der Waals surface area contributed by atoms with E-state index in [1.165, 1.54) is 10.9 Å². The number of rotatable bonds is 15. The van der Waals surface area contributed by atoms with E-state index >= 15 is 0 Å². The van der Waals surface area contributed by atoms with E-state index in [-0.39, 0.29) is 68.0 Å². The van der Waals surface area contributed by atoms with Crippen LogP contribution in [0.4, 0.5) is 10.7 Å².